The van der Waals surface area contributed by atoms with E-state index in [-0.39, 0.29) is 35.9 Å². The molecule has 0 bridgehead atoms. The zero-order valence-electron chi connectivity index (χ0n) is 31.9. The second-order valence-corrected chi connectivity index (χ2v) is 14.6. The summed E-state index contributed by atoms with van der Waals surface area (Å²) in [6.07, 6.45) is 5.37. The standard InChI is InChI=1S/C39H60O12/c1-21(2)36-26(7)31(49-33(42)16-15-32(40)41)20-39(46,51-36)28(9)35(44)27(8)37-29(47-10)14-12-13-22(3)17-24(5)34(43)25(6)18-23(4)19-30(48-11)38(45)50-37/h12-16,18-19,21,24-29,31,34-37,43-44,46H,17,20H2,1-11H3,(H,40,41)/t24-,25+,26-,27-,28-,29-,31+,34-,35+,36+,37+,39+/m0/s1. The summed E-state index contributed by atoms with van der Waals surface area (Å²) in [5.41, 5.74) is 1.70. The Balaban J connectivity index is 2.55. The molecule has 0 aromatic heterocycles. The van der Waals surface area contributed by atoms with Gasteiger partial charge in [0.1, 0.15) is 18.3 Å². The van der Waals surface area contributed by atoms with Crippen LogP contribution in [0.5, 0.6) is 0 Å². The van der Waals surface area contributed by atoms with Crippen molar-refractivity contribution in [1.29, 1.82) is 0 Å². The van der Waals surface area contributed by atoms with E-state index in [1.54, 1.807) is 32.9 Å². The Hall–Kier alpha value is -3.29. The number of aliphatic carboxylic acids is 1. The molecular weight excluding hydrogens is 660 g/mol. The van der Waals surface area contributed by atoms with Crippen LogP contribution in [0.2, 0.25) is 0 Å². The Kier molecular flexibility index (Phi) is 16.8. The van der Waals surface area contributed by atoms with Crippen LogP contribution in [-0.4, -0.2) is 95.0 Å². The summed E-state index contributed by atoms with van der Waals surface area (Å²) in [4.78, 5) is 37.1. The van der Waals surface area contributed by atoms with Crippen molar-refractivity contribution in [2.24, 2.45) is 35.5 Å². The highest BCUT2D eigenvalue weighted by molar-refractivity contribution is 5.90. The van der Waals surface area contributed by atoms with Gasteiger partial charge in [-0.3, -0.25) is 0 Å². The van der Waals surface area contributed by atoms with Gasteiger partial charge in [0.15, 0.2) is 5.79 Å². The third-order valence-electron chi connectivity index (χ3n) is 10.1. The Morgan fingerprint density at radius 1 is 1.06 bits per heavy atom. The fourth-order valence-electron chi connectivity index (χ4n) is 7.00. The van der Waals surface area contributed by atoms with Crippen LogP contribution < -0.4 is 0 Å². The molecule has 0 spiro atoms. The van der Waals surface area contributed by atoms with Gasteiger partial charge in [0.2, 0.25) is 5.76 Å². The van der Waals surface area contributed by atoms with Gasteiger partial charge in [0.25, 0.3) is 0 Å². The van der Waals surface area contributed by atoms with E-state index in [1.165, 1.54) is 20.3 Å². The normalized spacial score (nSPS) is 33.4. The van der Waals surface area contributed by atoms with Crippen molar-refractivity contribution in [3.63, 3.8) is 0 Å². The molecule has 0 amide bonds. The second-order valence-electron chi connectivity index (χ2n) is 14.6. The molecule has 1 saturated heterocycles. The van der Waals surface area contributed by atoms with Crippen LogP contribution in [-0.2, 0) is 38.1 Å². The lowest BCUT2D eigenvalue weighted by molar-refractivity contribution is -0.329. The number of carboxylic acid groups (broad SMARTS) is 1. The first-order valence-corrected chi connectivity index (χ1v) is 17.7. The molecule has 2 rings (SSSR count). The van der Waals surface area contributed by atoms with Crippen LogP contribution in [0, 0.1) is 35.5 Å². The molecule has 2 heterocycles. The summed E-state index contributed by atoms with van der Waals surface area (Å²) < 4.78 is 29.1. The number of esters is 2. The molecule has 1 fully saturated rings. The topological polar surface area (TPSA) is 178 Å². The Bertz CT molecular complexity index is 1350. The number of carboxylic acids is 1. The van der Waals surface area contributed by atoms with Gasteiger partial charge in [-0.2, -0.15) is 0 Å². The minimum absolute atomic E-state index is 0.0458. The van der Waals surface area contributed by atoms with Crippen LogP contribution in [0.3, 0.4) is 0 Å². The molecule has 0 radical (unpaired) electrons. The fourth-order valence-corrected chi connectivity index (χ4v) is 7.00. The van der Waals surface area contributed by atoms with Crippen molar-refractivity contribution in [3.05, 3.63) is 59.4 Å². The largest absolute Gasteiger partial charge is 0.490 e. The van der Waals surface area contributed by atoms with Gasteiger partial charge in [0.05, 0.1) is 25.4 Å². The van der Waals surface area contributed by atoms with Gasteiger partial charge in [0, 0.05) is 49.4 Å². The van der Waals surface area contributed by atoms with Crippen molar-refractivity contribution in [2.75, 3.05) is 14.2 Å². The maximum absolute atomic E-state index is 13.6. The summed E-state index contributed by atoms with van der Waals surface area (Å²) in [5, 5.41) is 43.8. The minimum Gasteiger partial charge on any atom is -0.490 e. The summed E-state index contributed by atoms with van der Waals surface area (Å²) >= 11 is 0. The summed E-state index contributed by atoms with van der Waals surface area (Å²) in [6, 6.07) is 0. The van der Waals surface area contributed by atoms with Gasteiger partial charge in [-0.25, -0.2) is 14.4 Å². The third kappa shape index (κ3) is 12.1. The summed E-state index contributed by atoms with van der Waals surface area (Å²) in [7, 11) is 2.80. The van der Waals surface area contributed by atoms with E-state index in [2.05, 4.69) is 0 Å². The Morgan fingerprint density at radius 3 is 2.27 bits per heavy atom. The first kappa shape index (κ1) is 43.9. The molecule has 2 aliphatic heterocycles. The SMILES string of the molecule is COC1=CC(C)=C[C@@H](C)[C@@H](O)[C@@H](C)CC(C)=CC=C[C@H](OC)[C@@H]([C@@H](C)[C@@H](O)[C@H](C)[C@@]2(O)C[C@@H](OC(=O)C=CC(=O)O)[C@H](C)[C@@H](C(C)C)O2)OC1=O. The van der Waals surface area contributed by atoms with Crippen LogP contribution in [0.25, 0.3) is 0 Å². The molecule has 0 aromatic rings. The first-order valence-electron chi connectivity index (χ1n) is 17.7. The number of carbonyl (C=O) groups excluding carboxylic acids is 2. The quantitative estimate of drug-likeness (QED) is 0.178. The maximum atomic E-state index is 13.6. The zero-order chi connectivity index (χ0) is 38.8. The van der Waals surface area contributed by atoms with E-state index in [9.17, 15) is 29.7 Å². The molecule has 0 saturated carbocycles. The van der Waals surface area contributed by atoms with Crippen molar-refractivity contribution in [3.8, 4) is 0 Å². The number of cyclic esters (lactones) is 1. The molecule has 51 heavy (non-hydrogen) atoms. The fraction of sp³-hybridized carbons (Fsp3) is 0.667. The average Bonchev–Trinajstić information content (AvgIpc) is 3.06. The lowest BCUT2D eigenvalue weighted by atomic mass is 9.76. The number of methoxy groups -OCH3 is 2. The lowest BCUT2D eigenvalue weighted by Gasteiger charge is -2.50. The van der Waals surface area contributed by atoms with Gasteiger partial charge in [-0.05, 0) is 38.2 Å². The van der Waals surface area contributed by atoms with Crippen molar-refractivity contribution >= 4 is 17.9 Å². The number of hydrogen-bond donors (Lipinski definition) is 4. The third-order valence-corrected chi connectivity index (χ3v) is 10.1. The molecule has 4 N–H and O–H groups in total. The van der Waals surface area contributed by atoms with Gasteiger partial charge < -0.3 is 44.1 Å². The molecule has 0 aliphatic carbocycles. The van der Waals surface area contributed by atoms with Gasteiger partial charge in [-0.1, -0.05) is 83.9 Å². The first-order chi connectivity index (χ1) is 23.8. The molecule has 12 atom stereocenters. The van der Waals surface area contributed by atoms with Crippen molar-refractivity contribution in [2.45, 2.75) is 118 Å². The number of ether oxygens (including phenoxy) is 5. The predicted molar refractivity (Wildman–Crippen MR) is 191 cm³/mol. The number of hydrogen-bond acceptors (Lipinski definition) is 11. The van der Waals surface area contributed by atoms with E-state index < -0.39 is 72.2 Å². The Morgan fingerprint density at radius 2 is 1.71 bits per heavy atom. The van der Waals surface area contributed by atoms with E-state index in [1.807, 2.05) is 53.7 Å². The average molecular weight is 721 g/mol. The van der Waals surface area contributed by atoms with Crippen LogP contribution in [0.15, 0.2) is 59.4 Å². The predicted octanol–water partition coefficient (Wildman–Crippen LogP) is 4.88. The molecule has 2 aliphatic rings. The molecule has 0 aromatic carbocycles. The molecular formula is C39H60O12. The van der Waals surface area contributed by atoms with Crippen molar-refractivity contribution < 1.29 is 58.5 Å². The van der Waals surface area contributed by atoms with Gasteiger partial charge >= 0.3 is 17.9 Å². The number of aliphatic hydroxyl groups is 3. The van der Waals surface area contributed by atoms with E-state index in [0.717, 1.165) is 11.6 Å². The van der Waals surface area contributed by atoms with Gasteiger partial charge in [-0.15, -0.1) is 0 Å². The minimum atomic E-state index is -1.99. The number of rotatable bonds is 10. The smallest absolute Gasteiger partial charge is 0.373 e. The Labute approximate surface area is 302 Å². The summed E-state index contributed by atoms with van der Waals surface area (Å²) in [5.74, 6) is -7.68. The van der Waals surface area contributed by atoms with Crippen LogP contribution in [0.4, 0.5) is 0 Å². The second kappa shape index (κ2) is 19.5. The maximum Gasteiger partial charge on any atom is 0.373 e. The molecule has 0 unspecified atom stereocenters. The molecule has 288 valence electrons. The number of carbonyl (C=O) groups is 3. The van der Waals surface area contributed by atoms with E-state index >= 15 is 0 Å². The molecule has 12 nitrogen and oxygen atoms in total. The molecule has 12 heteroatoms. The lowest BCUT2D eigenvalue weighted by Crippen LogP contribution is -2.59. The van der Waals surface area contributed by atoms with Crippen molar-refractivity contribution in [1.82, 2.24) is 0 Å². The highest BCUT2D eigenvalue weighted by Crippen LogP contribution is 2.42. The van der Waals surface area contributed by atoms with E-state index in [4.69, 9.17) is 28.8 Å². The van der Waals surface area contributed by atoms with Crippen LogP contribution in [0.1, 0.15) is 75.2 Å². The van der Waals surface area contributed by atoms with E-state index in [0.29, 0.717) is 18.1 Å². The highest BCUT2D eigenvalue weighted by atomic mass is 16.6. The monoisotopic (exact) mass is 720 g/mol. The van der Waals surface area contributed by atoms with Crippen LogP contribution >= 0.6 is 0 Å². The number of aliphatic hydroxyl groups excluding tert-OH is 2. The zero-order valence-corrected chi connectivity index (χ0v) is 31.9. The number of allylic oxidation sites excluding steroid dienone is 5. The summed E-state index contributed by atoms with van der Waals surface area (Å²) in [6.45, 7) is 16.5. The highest BCUT2D eigenvalue weighted by Gasteiger charge is 2.53.